The average molecular weight is 526 g/mol. The Morgan fingerprint density at radius 3 is 2.51 bits per heavy atom. The molecular weight excluding hydrogens is 494 g/mol. The number of hydrogen-bond donors (Lipinski definition) is 3. The highest BCUT2D eigenvalue weighted by Crippen LogP contribution is 2.30. The minimum atomic E-state index is -1.11. The molecule has 1 aliphatic rings. The van der Waals surface area contributed by atoms with Crippen LogP contribution in [0.4, 0.5) is 0 Å². The standard InChI is InChI=1S/C29H31N7O3/c1-29(2,30)28(38)31-25-15-21-14-22(39-3)13-12-20(21)17-36(27(25)37)16-18-8-10-19(11-9-18)23-6-4-5-7-24(23)26-32-34-35-33-26/h4-14,25H,15-17,30H2,1-3H3,(H,31,38)(H,32,33,34,35)/t25-/m1/s1. The number of aromatic amines is 1. The monoisotopic (exact) mass is 525 g/mol. The van der Waals surface area contributed by atoms with E-state index < -0.39 is 11.6 Å². The third-order valence-corrected chi connectivity index (χ3v) is 6.86. The first kappa shape index (κ1) is 26.1. The summed E-state index contributed by atoms with van der Waals surface area (Å²) in [5, 5.41) is 17.1. The number of tetrazole rings is 1. The summed E-state index contributed by atoms with van der Waals surface area (Å²) in [6.07, 6.45) is 0.357. The summed E-state index contributed by atoms with van der Waals surface area (Å²) < 4.78 is 5.40. The van der Waals surface area contributed by atoms with Crippen LogP contribution in [-0.2, 0) is 29.1 Å². The Morgan fingerprint density at radius 2 is 1.85 bits per heavy atom. The molecule has 4 N–H and O–H groups in total. The zero-order chi connectivity index (χ0) is 27.6. The first-order valence-corrected chi connectivity index (χ1v) is 12.7. The van der Waals surface area contributed by atoms with Crippen molar-refractivity contribution in [2.45, 2.75) is 44.9 Å². The second-order valence-electron chi connectivity index (χ2n) is 10.3. The predicted octanol–water partition coefficient (Wildman–Crippen LogP) is 2.85. The van der Waals surface area contributed by atoms with Gasteiger partial charge in [-0.05, 0) is 64.2 Å². The van der Waals surface area contributed by atoms with E-state index in [0.717, 1.165) is 33.4 Å². The number of carbonyl (C=O) groups excluding carboxylic acids is 2. The zero-order valence-corrected chi connectivity index (χ0v) is 22.1. The molecule has 5 rings (SSSR count). The van der Waals surface area contributed by atoms with Crippen molar-refractivity contribution in [3.8, 4) is 28.3 Å². The molecule has 0 spiro atoms. The molecule has 0 aliphatic carbocycles. The molecule has 0 fully saturated rings. The van der Waals surface area contributed by atoms with Crippen LogP contribution in [0, 0.1) is 0 Å². The second-order valence-corrected chi connectivity index (χ2v) is 10.3. The fourth-order valence-corrected chi connectivity index (χ4v) is 4.70. The summed E-state index contributed by atoms with van der Waals surface area (Å²) in [6, 6.07) is 21.0. The molecule has 0 saturated heterocycles. The summed E-state index contributed by atoms with van der Waals surface area (Å²) in [7, 11) is 1.61. The number of nitrogens with one attached hydrogen (secondary N) is 2. The molecule has 0 radical (unpaired) electrons. The van der Waals surface area contributed by atoms with Crippen LogP contribution in [-0.4, -0.2) is 56.0 Å². The van der Waals surface area contributed by atoms with Crippen molar-refractivity contribution < 1.29 is 14.3 Å². The van der Waals surface area contributed by atoms with Crippen LogP contribution in [0.1, 0.15) is 30.5 Å². The van der Waals surface area contributed by atoms with Crippen LogP contribution in [0.5, 0.6) is 5.75 Å². The molecule has 0 unspecified atom stereocenters. The summed E-state index contributed by atoms with van der Waals surface area (Å²) in [6.45, 7) is 4.05. The number of ether oxygens (including phenoxy) is 1. The van der Waals surface area contributed by atoms with Crippen LogP contribution in [0.3, 0.4) is 0 Å². The van der Waals surface area contributed by atoms with E-state index in [-0.39, 0.29) is 11.8 Å². The Bertz CT molecular complexity index is 1480. The number of rotatable bonds is 7. The Labute approximate surface area is 226 Å². The van der Waals surface area contributed by atoms with Gasteiger partial charge < -0.3 is 20.7 Å². The summed E-state index contributed by atoms with van der Waals surface area (Å²) in [4.78, 5) is 28.2. The van der Waals surface area contributed by atoms with Crippen LogP contribution in [0.15, 0.2) is 66.7 Å². The minimum absolute atomic E-state index is 0.157. The van der Waals surface area contributed by atoms with Crippen LogP contribution in [0.25, 0.3) is 22.5 Å². The van der Waals surface area contributed by atoms with Crippen molar-refractivity contribution in [3.63, 3.8) is 0 Å². The van der Waals surface area contributed by atoms with Crippen molar-refractivity contribution in [2.24, 2.45) is 5.73 Å². The first-order valence-electron chi connectivity index (χ1n) is 12.7. The van der Waals surface area contributed by atoms with E-state index in [9.17, 15) is 9.59 Å². The van der Waals surface area contributed by atoms with E-state index >= 15 is 0 Å². The lowest BCUT2D eigenvalue weighted by molar-refractivity contribution is -0.138. The number of nitrogens with two attached hydrogens (primary N) is 1. The lowest BCUT2D eigenvalue weighted by Crippen LogP contribution is -2.56. The molecule has 2 heterocycles. The van der Waals surface area contributed by atoms with Gasteiger partial charge in [-0.3, -0.25) is 9.59 Å². The Morgan fingerprint density at radius 1 is 1.10 bits per heavy atom. The fraction of sp³-hybridized carbons (Fsp3) is 0.276. The van der Waals surface area contributed by atoms with Gasteiger partial charge in [-0.2, -0.15) is 0 Å². The summed E-state index contributed by atoms with van der Waals surface area (Å²) >= 11 is 0. The molecule has 10 heteroatoms. The normalized spacial score (nSPS) is 15.4. The Balaban J connectivity index is 1.42. The maximum absolute atomic E-state index is 13.7. The molecule has 1 atom stereocenters. The number of fused-ring (bicyclic) bond motifs is 1. The number of methoxy groups -OCH3 is 1. The number of nitrogens with zero attached hydrogens (tertiary/aromatic N) is 4. The summed E-state index contributed by atoms with van der Waals surface area (Å²) in [5.74, 6) is 0.761. The summed E-state index contributed by atoms with van der Waals surface area (Å²) in [5.41, 5.74) is 10.7. The van der Waals surface area contributed by atoms with E-state index in [1.807, 2.05) is 66.7 Å². The largest absolute Gasteiger partial charge is 0.497 e. The molecular formula is C29H31N7O3. The van der Waals surface area contributed by atoms with Crippen molar-refractivity contribution in [3.05, 3.63) is 83.4 Å². The third-order valence-electron chi connectivity index (χ3n) is 6.86. The Kier molecular flexibility index (Phi) is 7.12. The minimum Gasteiger partial charge on any atom is -0.497 e. The highest BCUT2D eigenvalue weighted by Gasteiger charge is 2.34. The smallest absolute Gasteiger partial charge is 0.246 e. The highest BCUT2D eigenvalue weighted by molar-refractivity contribution is 5.92. The first-order chi connectivity index (χ1) is 18.7. The van der Waals surface area contributed by atoms with Gasteiger partial charge in [0.25, 0.3) is 0 Å². The number of benzene rings is 3. The number of hydrogen-bond acceptors (Lipinski definition) is 7. The Hall–Kier alpha value is -4.57. The van der Waals surface area contributed by atoms with E-state index in [4.69, 9.17) is 10.5 Å². The van der Waals surface area contributed by atoms with Gasteiger partial charge in [0.1, 0.15) is 11.8 Å². The van der Waals surface area contributed by atoms with Crippen molar-refractivity contribution in [1.82, 2.24) is 30.8 Å². The molecule has 1 aromatic heterocycles. The van der Waals surface area contributed by atoms with E-state index in [2.05, 4.69) is 25.9 Å². The molecule has 10 nitrogen and oxygen atoms in total. The second kappa shape index (κ2) is 10.7. The number of amides is 2. The molecule has 1 aliphatic heterocycles. The maximum atomic E-state index is 13.7. The van der Waals surface area contributed by atoms with Gasteiger partial charge in [0.15, 0.2) is 5.82 Å². The topological polar surface area (TPSA) is 139 Å². The van der Waals surface area contributed by atoms with Gasteiger partial charge in [-0.15, -0.1) is 5.10 Å². The zero-order valence-electron chi connectivity index (χ0n) is 22.1. The van der Waals surface area contributed by atoms with Gasteiger partial charge in [-0.25, -0.2) is 5.10 Å². The molecule has 39 heavy (non-hydrogen) atoms. The van der Waals surface area contributed by atoms with Crippen molar-refractivity contribution >= 4 is 11.8 Å². The highest BCUT2D eigenvalue weighted by atomic mass is 16.5. The van der Waals surface area contributed by atoms with E-state index in [1.165, 1.54) is 0 Å². The quantitative estimate of drug-likeness (QED) is 0.337. The average Bonchev–Trinajstić information content (AvgIpc) is 3.43. The van der Waals surface area contributed by atoms with Crippen LogP contribution >= 0.6 is 0 Å². The van der Waals surface area contributed by atoms with Gasteiger partial charge in [0.2, 0.25) is 11.8 Å². The fourth-order valence-electron chi connectivity index (χ4n) is 4.70. The van der Waals surface area contributed by atoms with Crippen molar-refractivity contribution in [2.75, 3.05) is 7.11 Å². The van der Waals surface area contributed by atoms with Gasteiger partial charge in [0, 0.05) is 25.1 Å². The lowest BCUT2D eigenvalue weighted by Gasteiger charge is -2.27. The van der Waals surface area contributed by atoms with Crippen LogP contribution in [0.2, 0.25) is 0 Å². The van der Waals surface area contributed by atoms with E-state index in [0.29, 0.717) is 31.1 Å². The molecule has 200 valence electrons. The maximum Gasteiger partial charge on any atom is 0.246 e. The van der Waals surface area contributed by atoms with E-state index in [1.54, 1.807) is 25.9 Å². The van der Waals surface area contributed by atoms with Crippen molar-refractivity contribution in [1.29, 1.82) is 0 Å². The molecule has 2 amide bonds. The number of H-pyrrole nitrogens is 1. The van der Waals surface area contributed by atoms with Gasteiger partial charge in [0.05, 0.1) is 12.6 Å². The van der Waals surface area contributed by atoms with Gasteiger partial charge >= 0.3 is 0 Å². The molecule has 4 aromatic rings. The SMILES string of the molecule is COc1ccc2c(c1)C[C@@H](NC(=O)C(C)(C)N)C(=O)N(Cc1ccc(-c3ccccc3-c3nnn[nH]3)cc1)C2. The van der Waals surface area contributed by atoms with Gasteiger partial charge in [-0.1, -0.05) is 54.6 Å². The molecule has 3 aromatic carbocycles. The molecule has 0 bridgehead atoms. The number of carbonyl (C=O) groups is 2. The molecule has 0 saturated carbocycles. The lowest BCUT2D eigenvalue weighted by atomic mass is 9.98. The van der Waals surface area contributed by atoms with Crippen LogP contribution < -0.4 is 15.8 Å². The predicted molar refractivity (Wildman–Crippen MR) is 146 cm³/mol. The third kappa shape index (κ3) is 5.65. The number of aromatic nitrogens is 4.